The predicted molar refractivity (Wildman–Crippen MR) is 153 cm³/mol. The van der Waals surface area contributed by atoms with Crippen LogP contribution in [-0.2, 0) is 4.79 Å². The van der Waals surface area contributed by atoms with Gasteiger partial charge in [0.15, 0.2) is 0 Å². The molecular formula is C30H42N4OS. The average Bonchev–Trinajstić information content (AvgIpc) is 3.41. The van der Waals surface area contributed by atoms with Crippen LogP contribution >= 0.6 is 11.3 Å². The van der Waals surface area contributed by atoms with Gasteiger partial charge in [0.2, 0.25) is 5.91 Å². The molecule has 3 aliphatic heterocycles. The molecule has 5 nitrogen and oxygen atoms in total. The van der Waals surface area contributed by atoms with Crippen LogP contribution in [0.4, 0.5) is 5.00 Å². The van der Waals surface area contributed by atoms with E-state index in [9.17, 15) is 4.79 Å². The summed E-state index contributed by atoms with van der Waals surface area (Å²) in [6.45, 7) is 8.22. The van der Waals surface area contributed by atoms with Gasteiger partial charge >= 0.3 is 0 Å². The first kappa shape index (κ1) is 25.7. The van der Waals surface area contributed by atoms with E-state index in [1.54, 1.807) is 11.3 Å². The van der Waals surface area contributed by atoms with Gasteiger partial charge in [-0.05, 0) is 113 Å². The van der Waals surface area contributed by atoms with Gasteiger partial charge in [0.05, 0.1) is 5.00 Å². The van der Waals surface area contributed by atoms with Gasteiger partial charge in [0.1, 0.15) is 0 Å². The Kier molecular flexibility index (Phi) is 9.26. The maximum absolute atomic E-state index is 12.5. The Morgan fingerprint density at radius 3 is 2.47 bits per heavy atom. The Morgan fingerprint density at radius 1 is 0.944 bits per heavy atom. The van der Waals surface area contributed by atoms with Crippen molar-refractivity contribution in [2.45, 2.75) is 63.8 Å². The van der Waals surface area contributed by atoms with Gasteiger partial charge in [-0.2, -0.15) is 0 Å². The zero-order valence-electron chi connectivity index (χ0n) is 21.6. The summed E-state index contributed by atoms with van der Waals surface area (Å²) in [5, 5.41) is 7.43. The number of nitrogens with one attached hydrogen (secondary N) is 2. The number of thiophene rings is 1. The van der Waals surface area contributed by atoms with Crippen molar-refractivity contribution in [1.29, 1.82) is 0 Å². The van der Waals surface area contributed by atoms with Crippen LogP contribution in [0.3, 0.4) is 0 Å². The number of hydrogen-bond acceptors (Lipinski definition) is 5. The molecule has 0 unspecified atom stereocenters. The molecule has 4 heterocycles. The fourth-order valence-electron chi connectivity index (χ4n) is 5.91. The highest BCUT2D eigenvalue weighted by atomic mass is 32.1. The fraction of sp³-hybridized carbons (Fsp3) is 0.567. The summed E-state index contributed by atoms with van der Waals surface area (Å²) in [6.07, 6.45) is 12.9. The maximum atomic E-state index is 12.5. The molecule has 36 heavy (non-hydrogen) atoms. The highest BCUT2D eigenvalue weighted by Gasteiger charge is 2.25. The lowest BCUT2D eigenvalue weighted by Gasteiger charge is -2.40. The van der Waals surface area contributed by atoms with Crippen molar-refractivity contribution in [2.75, 3.05) is 51.1 Å². The molecule has 2 saturated heterocycles. The van der Waals surface area contributed by atoms with Crippen LogP contribution in [0.2, 0.25) is 0 Å². The monoisotopic (exact) mass is 506 g/mol. The summed E-state index contributed by atoms with van der Waals surface area (Å²) in [7, 11) is 0. The molecule has 194 valence electrons. The molecule has 6 heteroatoms. The minimum atomic E-state index is 0.139. The van der Waals surface area contributed by atoms with Crippen molar-refractivity contribution < 1.29 is 4.79 Å². The molecule has 1 aromatic carbocycles. The highest BCUT2D eigenvalue weighted by molar-refractivity contribution is 7.19. The van der Waals surface area contributed by atoms with Crippen LogP contribution in [0.1, 0.15) is 63.4 Å². The number of carbonyl (C=O) groups excluding carboxylic acids is 1. The zero-order valence-corrected chi connectivity index (χ0v) is 22.5. The summed E-state index contributed by atoms with van der Waals surface area (Å²) >= 11 is 1.66. The number of carbonyl (C=O) groups is 1. The third kappa shape index (κ3) is 7.06. The van der Waals surface area contributed by atoms with Crippen LogP contribution in [0.15, 0.2) is 42.5 Å². The SMILES string of the molecule is O=C(CCCCN1CCC(N2CCCCC2)CC1)Nc1ccc(-c2ccc(C3=CCNCC3)cc2)s1. The third-order valence-corrected chi connectivity index (χ3v) is 9.11. The number of piperidine rings is 2. The van der Waals surface area contributed by atoms with Crippen molar-refractivity contribution in [1.82, 2.24) is 15.1 Å². The largest absolute Gasteiger partial charge is 0.318 e. The van der Waals surface area contributed by atoms with Crippen LogP contribution in [0.5, 0.6) is 0 Å². The quantitative estimate of drug-likeness (QED) is 0.419. The smallest absolute Gasteiger partial charge is 0.224 e. The van der Waals surface area contributed by atoms with E-state index in [0.29, 0.717) is 6.42 Å². The molecule has 0 saturated carbocycles. The van der Waals surface area contributed by atoms with E-state index in [1.807, 2.05) is 6.07 Å². The number of anilines is 1. The highest BCUT2D eigenvalue weighted by Crippen LogP contribution is 2.32. The average molecular weight is 507 g/mol. The van der Waals surface area contributed by atoms with E-state index in [2.05, 4.69) is 56.8 Å². The third-order valence-electron chi connectivity index (χ3n) is 8.07. The molecular weight excluding hydrogens is 464 g/mol. The van der Waals surface area contributed by atoms with Gasteiger partial charge in [0, 0.05) is 23.9 Å². The first-order valence-electron chi connectivity index (χ1n) is 14.1. The summed E-state index contributed by atoms with van der Waals surface area (Å²) < 4.78 is 0. The number of unbranched alkanes of at least 4 members (excludes halogenated alkanes) is 1. The fourth-order valence-corrected chi connectivity index (χ4v) is 6.83. The van der Waals surface area contributed by atoms with E-state index in [1.165, 1.54) is 79.9 Å². The topological polar surface area (TPSA) is 47.6 Å². The van der Waals surface area contributed by atoms with Crippen LogP contribution in [-0.4, -0.2) is 67.6 Å². The minimum Gasteiger partial charge on any atom is -0.318 e. The predicted octanol–water partition coefficient (Wildman–Crippen LogP) is 5.85. The summed E-state index contributed by atoms with van der Waals surface area (Å²) in [5.41, 5.74) is 3.96. The number of nitrogens with zero attached hydrogens (tertiary/aromatic N) is 2. The van der Waals surface area contributed by atoms with E-state index in [0.717, 1.165) is 49.9 Å². The summed E-state index contributed by atoms with van der Waals surface area (Å²) in [4.78, 5) is 19.1. The van der Waals surface area contributed by atoms with Crippen molar-refractivity contribution in [3.63, 3.8) is 0 Å². The van der Waals surface area contributed by atoms with E-state index < -0.39 is 0 Å². The summed E-state index contributed by atoms with van der Waals surface area (Å²) in [5.74, 6) is 0.139. The van der Waals surface area contributed by atoms with Gasteiger partial charge in [-0.3, -0.25) is 4.79 Å². The van der Waals surface area contributed by atoms with Crippen molar-refractivity contribution >= 4 is 27.8 Å². The molecule has 2 fully saturated rings. The lowest BCUT2D eigenvalue weighted by atomic mass is 9.99. The molecule has 5 rings (SSSR count). The molecule has 0 aliphatic carbocycles. The Labute approximate surface area is 221 Å². The second-order valence-electron chi connectivity index (χ2n) is 10.6. The normalized spacial score (nSPS) is 20.3. The van der Waals surface area contributed by atoms with Crippen molar-refractivity contribution in [3.05, 3.63) is 48.0 Å². The lowest BCUT2D eigenvalue weighted by Crippen LogP contribution is -2.46. The lowest BCUT2D eigenvalue weighted by molar-refractivity contribution is -0.116. The minimum absolute atomic E-state index is 0.139. The van der Waals surface area contributed by atoms with Gasteiger partial charge in [0.25, 0.3) is 0 Å². The van der Waals surface area contributed by atoms with E-state index in [4.69, 9.17) is 0 Å². The van der Waals surface area contributed by atoms with Crippen LogP contribution in [0, 0.1) is 0 Å². The molecule has 1 amide bonds. The number of benzene rings is 1. The maximum Gasteiger partial charge on any atom is 0.224 e. The van der Waals surface area contributed by atoms with E-state index >= 15 is 0 Å². The number of rotatable bonds is 9. The number of hydrogen-bond donors (Lipinski definition) is 2. The first-order chi connectivity index (χ1) is 17.7. The second-order valence-corrected chi connectivity index (χ2v) is 11.7. The summed E-state index contributed by atoms with van der Waals surface area (Å²) in [6, 6.07) is 13.8. The molecule has 3 aliphatic rings. The first-order valence-corrected chi connectivity index (χ1v) is 14.9. The van der Waals surface area contributed by atoms with Crippen molar-refractivity contribution in [2.24, 2.45) is 0 Å². The Morgan fingerprint density at radius 2 is 1.72 bits per heavy atom. The van der Waals surface area contributed by atoms with Crippen LogP contribution in [0.25, 0.3) is 16.0 Å². The molecule has 2 N–H and O–H groups in total. The van der Waals surface area contributed by atoms with Crippen molar-refractivity contribution in [3.8, 4) is 10.4 Å². The number of amides is 1. The molecule has 0 spiro atoms. The zero-order chi connectivity index (χ0) is 24.6. The Bertz CT molecular complexity index is 1000. The Hall–Kier alpha value is -1.99. The molecule has 0 bridgehead atoms. The van der Waals surface area contributed by atoms with Crippen LogP contribution < -0.4 is 10.6 Å². The van der Waals surface area contributed by atoms with Gasteiger partial charge in [-0.1, -0.05) is 36.8 Å². The molecule has 2 aromatic rings. The van der Waals surface area contributed by atoms with E-state index in [-0.39, 0.29) is 5.91 Å². The van der Waals surface area contributed by atoms with Gasteiger partial charge < -0.3 is 20.4 Å². The molecule has 0 atom stereocenters. The standard InChI is InChI=1S/C30H42N4OS/c35-29(6-2-5-19-33-22-15-27(16-23-33)34-20-3-1-4-21-34)32-30-12-11-28(36-30)26-9-7-24(8-10-26)25-13-17-31-18-14-25/h7-13,27,31H,1-6,14-23H2,(H,32,35). The molecule has 1 aromatic heterocycles. The second kappa shape index (κ2) is 13.0. The van der Waals surface area contributed by atoms with Gasteiger partial charge in [-0.15, -0.1) is 11.3 Å². The van der Waals surface area contributed by atoms with Gasteiger partial charge in [-0.25, -0.2) is 0 Å². The Balaban J connectivity index is 0.997. The number of likely N-dealkylation sites (tertiary alicyclic amines) is 2. The molecule has 0 radical (unpaired) electrons.